The molecule has 37 heavy (non-hydrogen) atoms. The first-order valence-corrected chi connectivity index (χ1v) is 12.7. The number of ether oxygens (including phenoxy) is 3. The van der Waals surface area contributed by atoms with Crippen LogP contribution in [0.15, 0.2) is 42.5 Å². The number of aliphatic hydroxyl groups is 1. The fourth-order valence-electron chi connectivity index (χ4n) is 4.31. The van der Waals surface area contributed by atoms with E-state index in [1.165, 1.54) is 12.0 Å². The Hall–Kier alpha value is -2.66. The van der Waals surface area contributed by atoms with Crippen LogP contribution >= 0.6 is 11.6 Å². The lowest BCUT2D eigenvalue weighted by Crippen LogP contribution is -2.57. The van der Waals surface area contributed by atoms with Crippen molar-refractivity contribution in [3.63, 3.8) is 0 Å². The van der Waals surface area contributed by atoms with E-state index in [9.17, 15) is 19.5 Å². The van der Waals surface area contributed by atoms with Crippen LogP contribution in [-0.2, 0) is 30.2 Å². The Morgan fingerprint density at radius 1 is 1.24 bits per heavy atom. The summed E-state index contributed by atoms with van der Waals surface area (Å²) >= 11 is 6.32. The quantitative estimate of drug-likeness (QED) is 0.340. The third-order valence-electron chi connectivity index (χ3n) is 6.00. The number of rotatable bonds is 8. The SMILES string of the molecule is CO[C@@H]1OCC=C[C@@H]1OC(=O)N[C@@H](Cc1ccccc1)[C@H](O)C(=O)N1C[C@@H](Cl)C[C@H]1C(=O)NC(C)(C)C. The van der Waals surface area contributed by atoms with Crippen molar-refractivity contribution in [3.05, 3.63) is 48.0 Å². The maximum absolute atomic E-state index is 13.5. The van der Waals surface area contributed by atoms with E-state index in [1.54, 1.807) is 12.2 Å². The van der Waals surface area contributed by atoms with Crippen molar-refractivity contribution in [2.24, 2.45) is 0 Å². The second-order valence-electron chi connectivity index (χ2n) is 10.2. The number of benzene rings is 1. The van der Waals surface area contributed by atoms with Gasteiger partial charge in [0.25, 0.3) is 5.91 Å². The summed E-state index contributed by atoms with van der Waals surface area (Å²) in [5.41, 5.74) is 0.279. The van der Waals surface area contributed by atoms with E-state index in [-0.39, 0.29) is 25.3 Å². The molecule has 0 aromatic heterocycles. The number of halogens is 1. The summed E-state index contributed by atoms with van der Waals surface area (Å²) in [6.45, 7) is 5.94. The van der Waals surface area contributed by atoms with Gasteiger partial charge in [-0.15, -0.1) is 11.6 Å². The maximum Gasteiger partial charge on any atom is 0.408 e. The maximum atomic E-state index is 13.5. The molecular weight excluding hydrogens is 502 g/mol. The summed E-state index contributed by atoms with van der Waals surface area (Å²) in [7, 11) is 1.44. The van der Waals surface area contributed by atoms with Gasteiger partial charge >= 0.3 is 6.09 Å². The van der Waals surface area contributed by atoms with Crippen molar-refractivity contribution in [3.8, 4) is 0 Å². The highest BCUT2D eigenvalue weighted by molar-refractivity contribution is 6.21. The number of hydrogen-bond donors (Lipinski definition) is 3. The number of amides is 3. The third-order valence-corrected chi connectivity index (χ3v) is 6.31. The Bertz CT molecular complexity index is 969. The minimum atomic E-state index is -1.66. The number of aliphatic hydroxyl groups excluding tert-OH is 1. The number of alkyl halides is 1. The van der Waals surface area contributed by atoms with Gasteiger partial charge in [0.1, 0.15) is 6.04 Å². The Labute approximate surface area is 222 Å². The van der Waals surface area contributed by atoms with Gasteiger partial charge in [-0.25, -0.2) is 4.79 Å². The van der Waals surface area contributed by atoms with Crippen molar-refractivity contribution in [2.45, 2.75) is 75.1 Å². The van der Waals surface area contributed by atoms with Gasteiger partial charge in [-0.05, 0) is 45.3 Å². The van der Waals surface area contributed by atoms with Crippen LogP contribution < -0.4 is 10.6 Å². The number of carbonyl (C=O) groups is 3. The van der Waals surface area contributed by atoms with Crippen LogP contribution in [0.4, 0.5) is 4.79 Å². The first-order valence-electron chi connectivity index (χ1n) is 12.2. The predicted octanol–water partition coefficient (Wildman–Crippen LogP) is 1.74. The smallest absolute Gasteiger partial charge is 0.408 e. The molecule has 0 saturated carbocycles. The highest BCUT2D eigenvalue weighted by Crippen LogP contribution is 2.25. The van der Waals surface area contributed by atoms with E-state index in [4.69, 9.17) is 25.8 Å². The van der Waals surface area contributed by atoms with Crippen LogP contribution in [0.2, 0.25) is 0 Å². The van der Waals surface area contributed by atoms with Gasteiger partial charge in [-0.2, -0.15) is 0 Å². The number of nitrogens with zero attached hydrogens (tertiary/aromatic N) is 1. The molecular formula is C26H36ClN3O7. The molecule has 2 heterocycles. The van der Waals surface area contributed by atoms with Gasteiger partial charge in [0.15, 0.2) is 18.5 Å². The van der Waals surface area contributed by atoms with E-state index in [0.29, 0.717) is 6.61 Å². The van der Waals surface area contributed by atoms with Gasteiger partial charge in [0.05, 0.1) is 18.0 Å². The minimum absolute atomic E-state index is 0.0991. The summed E-state index contributed by atoms with van der Waals surface area (Å²) in [6, 6.07) is 7.23. The summed E-state index contributed by atoms with van der Waals surface area (Å²) in [6.07, 6.45) is -0.338. The number of hydrogen-bond acceptors (Lipinski definition) is 7. The molecule has 1 aromatic rings. The molecule has 0 unspecified atom stereocenters. The zero-order valence-corrected chi connectivity index (χ0v) is 22.3. The Balaban J connectivity index is 1.77. The molecule has 3 rings (SSSR count). The summed E-state index contributed by atoms with van der Waals surface area (Å²) in [5, 5.41) is 16.2. The predicted molar refractivity (Wildman–Crippen MR) is 137 cm³/mol. The zero-order chi connectivity index (χ0) is 27.2. The normalized spacial score (nSPS) is 25.3. The van der Waals surface area contributed by atoms with Crippen molar-refractivity contribution < 1.29 is 33.7 Å². The van der Waals surface area contributed by atoms with Crippen LogP contribution in [0.1, 0.15) is 32.8 Å². The molecule has 1 aromatic carbocycles. The Kier molecular flexibility index (Phi) is 9.94. The number of carbonyl (C=O) groups excluding carboxylic acids is 3. The summed E-state index contributed by atoms with van der Waals surface area (Å²) in [4.78, 5) is 40.5. The third kappa shape index (κ3) is 8.16. The molecule has 1 fully saturated rings. The van der Waals surface area contributed by atoms with Crippen LogP contribution in [0.25, 0.3) is 0 Å². The summed E-state index contributed by atoms with van der Waals surface area (Å²) in [5.74, 6) is -1.05. The number of methoxy groups -OCH3 is 1. The van der Waals surface area contributed by atoms with Crippen molar-refractivity contribution in [1.29, 1.82) is 0 Å². The van der Waals surface area contributed by atoms with Crippen molar-refractivity contribution in [2.75, 3.05) is 20.3 Å². The highest BCUT2D eigenvalue weighted by atomic mass is 35.5. The van der Waals surface area contributed by atoms with Crippen LogP contribution in [0.3, 0.4) is 0 Å². The topological polar surface area (TPSA) is 126 Å². The standard InChI is InChI=1S/C26H36ClN3O7/c1-26(2,3)29-22(32)19-14-17(27)15-30(19)23(33)21(31)18(13-16-9-6-5-7-10-16)28-25(34)37-20-11-8-12-36-24(20)35-4/h5-11,17-21,24,31H,12-15H2,1-4H3,(H,28,34)(H,29,32)/t17-,18-,19-,20-,21-,24+/m0/s1. The number of alkyl carbamates (subject to hydrolysis) is 1. The Morgan fingerprint density at radius 2 is 1.95 bits per heavy atom. The van der Waals surface area contributed by atoms with E-state index >= 15 is 0 Å². The second kappa shape index (κ2) is 12.7. The molecule has 0 spiro atoms. The molecule has 1 saturated heterocycles. The molecule has 0 radical (unpaired) electrons. The molecule has 10 nitrogen and oxygen atoms in total. The molecule has 6 atom stereocenters. The van der Waals surface area contributed by atoms with Gasteiger partial charge in [0, 0.05) is 19.2 Å². The van der Waals surface area contributed by atoms with E-state index < -0.39 is 53.5 Å². The highest BCUT2D eigenvalue weighted by Gasteiger charge is 2.43. The van der Waals surface area contributed by atoms with E-state index in [2.05, 4.69) is 10.6 Å². The van der Waals surface area contributed by atoms with Crippen LogP contribution in [-0.4, -0.2) is 89.7 Å². The molecule has 2 aliphatic rings. The Morgan fingerprint density at radius 3 is 2.59 bits per heavy atom. The first-order chi connectivity index (χ1) is 17.5. The number of nitrogens with one attached hydrogen (secondary N) is 2. The van der Waals surface area contributed by atoms with E-state index in [0.717, 1.165) is 5.56 Å². The molecule has 204 valence electrons. The summed E-state index contributed by atoms with van der Waals surface area (Å²) < 4.78 is 16.0. The van der Waals surface area contributed by atoms with Gasteiger partial charge in [-0.1, -0.05) is 36.4 Å². The lowest BCUT2D eigenvalue weighted by molar-refractivity contribution is -0.167. The molecule has 0 bridgehead atoms. The van der Waals surface area contributed by atoms with Crippen LogP contribution in [0, 0.1) is 0 Å². The van der Waals surface area contributed by atoms with E-state index in [1.807, 2.05) is 51.1 Å². The lowest BCUT2D eigenvalue weighted by Gasteiger charge is -2.32. The van der Waals surface area contributed by atoms with Crippen molar-refractivity contribution >= 4 is 29.5 Å². The lowest BCUT2D eigenvalue weighted by atomic mass is 10.00. The molecule has 3 N–H and O–H groups in total. The molecule has 3 amide bonds. The first kappa shape index (κ1) is 28.9. The molecule has 0 aliphatic carbocycles. The monoisotopic (exact) mass is 537 g/mol. The van der Waals surface area contributed by atoms with Crippen molar-refractivity contribution in [1.82, 2.24) is 15.5 Å². The van der Waals surface area contributed by atoms with Crippen LogP contribution in [0.5, 0.6) is 0 Å². The largest absolute Gasteiger partial charge is 0.437 e. The fraction of sp³-hybridized carbons (Fsp3) is 0.577. The van der Waals surface area contributed by atoms with Gasteiger partial charge < -0.3 is 34.9 Å². The zero-order valence-electron chi connectivity index (χ0n) is 21.6. The molecule has 2 aliphatic heterocycles. The number of likely N-dealkylation sites (tertiary alicyclic amines) is 1. The fourth-order valence-corrected chi connectivity index (χ4v) is 4.63. The molecule has 11 heteroatoms. The van der Waals surface area contributed by atoms with Gasteiger partial charge in [0.2, 0.25) is 5.91 Å². The minimum Gasteiger partial charge on any atom is -0.437 e. The average Bonchev–Trinajstić information content (AvgIpc) is 3.24. The average molecular weight is 538 g/mol. The van der Waals surface area contributed by atoms with Gasteiger partial charge in [-0.3, -0.25) is 9.59 Å². The second-order valence-corrected chi connectivity index (χ2v) is 10.8.